The fourth-order valence-electron chi connectivity index (χ4n) is 16.1. The van der Waals surface area contributed by atoms with Crippen LogP contribution in [0.5, 0.6) is 0 Å². The number of hydrogen-bond donors (Lipinski definition) is 8. The monoisotopic (exact) mass is 943 g/mol. The van der Waals surface area contributed by atoms with Crippen LogP contribution in [0.3, 0.4) is 0 Å². The van der Waals surface area contributed by atoms with E-state index in [-0.39, 0.29) is 102 Å². The van der Waals surface area contributed by atoms with Crippen LogP contribution >= 0.6 is 0 Å². The second-order valence-corrected chi connectivity index (χ2v) is 22.1. The van der Waals surface area contributed by atoms with Gasteiger partial charge in [0, 0.05) is 43.1 Å². The molecule has 15 heteroatoms. The molecule has 63 heavy (non-hydrogen) atoms. The van der Waals surface area contributed by atoms with Gasteiger partial charge >= 0.3 is 0 Å². The predicted molar refractivity (Wildman–Crippen MR) is 239 cm³/mol. The van der Waals surface area contributed by atoms with Crippen LogP contribution in [0.4, 0.5) is 0 Å². The molecule has 8 unspecified atom stereocenters. The molecule has 0 radical (unpaired) electrons. The van der Waals surface area contributed by atoms with Gasteiger partial charge in [-0.25, -0.2) is 0 Å². The molecule has 5 heterocycles. The normalized spacial score (nSPS) is 47.0. The van der Waals surface area contributed by atoms with Gasteiger partial charge in [0.2, 0.25) is 0 Å². The zero-order valence-electron chi connectivity index (χ0n) is 38.1. The van der Waals surface area contributed by atoms with Gasteiger partial charge in [0.25, 0.3) is 0 Å². The Bertz CT molecular complexity index is 1120. The van der Waals surface area contributed by atoms with E-state index in [9.17, 15) is 40.9 Å². The first-order valence-electron chi connectivity index (χ1n) is 25.3. The summed E-state index contributed by atoms with van der Waals surface area (Å²) in [6.45, 7) is 0. The standard InChI is InChI=1S/C48H80N4O8.2H2O.Zn/c53-45(54)29-9-1-25(2-10-29)41-33-17-19-35(49-33)42(26-3-11-30(12-4-26)46(55)56)37-21-23-39(51-37)44(28-7-15-32(16-8-28)48(59)60)40-24-22-38(52-40)43(36-20-18-34(41)50-36)27-5-13-31(14-6-27)47(57)58;;;/h25-48,53-60H,1-24H2;2*1H2;/q-4;;;/p+2. The van der Waals surface area contributed by atoms with Crippen molar-refractivity contribution < 1.29 is 71.3 Å². The van der Waals surface area contributed by atoms with Gasteiger partial charge in [-0.1, -0.05) is 75.0 Å². The summed E-state index contributed by atoms with van der Waals surface area (Å²) >= 11 is 0. The third kappa shape index (κ3) is 11.4. The van der Waals surface area contributed by atoms with Crippen LogP contribution in [-0.2, 0) is 30.4 Å². The molecule has 9 aliphatic rings. The first kappa shape index (κ1) is 52.4. The maximum absolute atomic E-state index is 10.1. The average molecular weight is 945 g/mol. The van der Waals surface area contributed by atoms with Crippen LogP contribution in [-0.4, -0.2) is 114 Å². The number of nitrogens with zero attached hydrogens (tertiary/aromatic N) is 4. The largest absolute Gasteiger partial charge is 0.656 e. The summed E-state index contributed by atoms with van der Waals surface area (Å²) in [4.78, 5) is 0. The van der Waals surface area contributed by atoms with Crippen molar-refractivity contribution in [3.63, 3.8) is 0 Å². The number of hydrogen-bond acceptors (Lipinski definition) is 8. The van der Waals surface area contributed by atoms with Gasteiger partial charge in [0.05, 0.1) is 0 Å². The number of rotatable bonds is 8. The fourth-order valence-corrected chi connectivity index (χ4v) is 16.1. The van der Waals surface area contributed by atoms with Gasteiger partial charge in [-0.15, -0.1) is 48.3 Å². The summed E-state index contributed by atoms with van der Waals surface area (Å²) in [5.41, 5.74) is 0. The molecule has 5 aliphatic heterocycles. The Balaban J connectivity index is 0.00000220. The van der Waals surface area contributed by atoms with Crippen molar-refractivity contribution >= 4 is 0 Å². The zero-order chi connectivity index (χ0) is 41.7. The first-order valence-corrected chi connectivity index (χ1v) is 25.3. The van der Waals surface area contributed by atoms with Gasteiger partial charge in [-0.05, 0) is 126 Å². The minimum Gasteiger partial charge on any atom is -0.656 e. The van der Waals surface area contributed by atoms with E-state index in [4.69, 9.17) is 21.3 Å². The van der Waals surface area contributed by atoms with E-state index in [0.717, 1.165) is 154 Å². The molecule has 4 aliphatic carbocycles. The average Bonchev–Trinajstić information content (AvgIpc) is 4.10. The third-order valence-electron chi connectivity index (χ3n) is 19.2. The molecular weight excluding hydrogens is 858 g/mol. The summed E-state index contributed by atoms with van der Waals surface area (Å²) < 4.78 is 0. The molecule has 14 N–H and O–H groups in total. The molecule has 8 bridgehead atoms. The van der Waals surface area contributed by atoms with E-state index in [1.807, 2.05) is 0 Å². The van der Waals surface area contributed by atoms with Crippen molar-refractivity contribution in [2.75, 3.05) is 0 Å². The molecule has 5 saturated heterocycles. The van der Waals surface area contributed by atoms with Crippen LogP contribution in [0.2, 0.25) is 0 Å². The van der Waals surface area contributed by atoms with Crippen LogP contribution in [0, 0.1) is 71.0 Å². The van der Waals surface area contributed by atoms with Crippen molar-refractivity contribution in [1.82, 2.24) is 0 Å². The Hall–Kier alpha value is 0.0634. The van der Waals surface area contributed by atoms with Gasteiger partial charge in [0.15, 0.2) is 25.2 Å². The Morgan fingerprint density at radius 3 is 0.508 bits per heavy atom. The SMILES string of the molecule is OC(O)C1CCC(C2C3CCC([N-]3)C(C3CCC(C(O)O)CC3)C3CCC([N-]3)C(C3CCC(C(O)O)CC3)C3CCC([N-]3)C(C3CCC(C(O)O)CC3)C3CCC2[N-]3)CC1.[OH3+].[OH3+].[Zn]. The molecule has 8 atom stereocenters. The van der Waals surface area contributed by atoms with E-state index >= 15 is 0 Å². The van der Waals surface area contributed by atoms with E-state index < -0.39 is 25.2 Å². The van der Waals surface area contributed by atoms with Crippen molar-refractivity contribution in [2.24, 2.45) is 71.0 Å². The molecule has 0 spiro atoms. The van der Waals surface area contributed by atoms with E-state index in [1.54, 1.807) is 0 Å². The van der Waals surface area contributed by atoms with Crippen molar-refractivity contribution in [3.05, 3.63) is 21.3 Å². The molecule has 0 amide bonds. The zero-order valence-corrected chi connectivity index (χ0v) is 41.0. The van der Waals surface area contributed by atoms with Crippen LogP contribution in [0.15, 0.2) is 0 Å². The topological polar surface area (TPSA) is 284 Å². The van der Waals surface area contributed by atoms with E-state index in [0.29, 0.717) is 47.3 Å². The van der Waals surface area contributed by atoms with Crippen LogP contribution in [0.1, 0.15) is 154 Å². The maximum atomic E-state index is 10.1. The van der Waals surface area contributed by atoms with E-state index in [2.05, 4.69) is 0 Å². The fraction of sp³-hybridized carbons (Fsp3) is 1.00. The second kappa shape index (κ2) is 23.1. The summed E-state index contributed by atoms with van der Waals surface area (Å²) in [5.74, 6) is 3.02. The Morgan fingerprint density at radius 1 is 0.238 bits per heavy atom. The maximum Gasteiger partial charge on any atom is 0.154 e. The van der Waals surface area contributed by atoms with Crippen molar-refractivity contribution in [1.29, 1.82) is 0 Å². The summed E-state index contributed by atoms with van der Waals surface area (Å²) in [5, 5.41) is 105. The molecular formula is C48H86N4O10Zn-2. The Labute approximate surface area is 389 Å². The first-order chi connectivity index (χ1) is 29.0. The van der Waals surface area contributed by atoms with Gasteiger partial charge in [-0.2, -0.15) is 0 Å². The Morgan fingerprint density at radius 2 is 0.381 bits per heavy atom. The smallest absolute Gasteiger partial charge is 0.154 e. The van der Waals surface area contributed by atoms with Crippen molar-refractivity contribution in [3.8, 4) is 0 Å². The molecule has 9 fully saturated rings. The van der Waals surface area contributed by atoms with Crippen LogP contribution < -0.4 is 0 Å². The minimum absolute atomic E-state index is 0. The molecule has 0 aromatic carbocycles. The van der Waals surface area contributed by atoms with Crippen molar-refractivity contribution in [2.45, 2.75) is 228 Å². The molecule has 4 saturated carbocycles. The third-order valence-corrected chi connectivity index (χ3v) is 19.2. The van der Waals surface area contributed by atoms with Gasteiger partial charge in [0.1, 0.15) is 0 Å². The summed E-state index contributed by atoms with van der Waals surface area (Å²) in [7, 11) is 0. The molecule has 0 aromatic heterocycles. The van der Waals surface area contributed by atoms with Gasteiger partial charge < -0.3 is 73.1 Å². The number of aliphatic hydroxyl groups excluding tert-OH is 4. The molecule has 9 rings (SSSR count). The molecule has 0 aromatic rings. The minimum atomic E-state index is -1.25. The number of fused-ring (bicyclic) bond motifs is 8. The summed E-state index contributed by atoms with van der Waals surface area (Å²) in [6, 6.07) is 1.86. The second-order valence-electron chi connectivity index (χ2n) is 22.1. The molecule has 362 valence electrons. The van der Waals surface area contributed by atoms with Crippen LogP contribution in [0.25, 0.3) is 21.3 Å². The molecule has 14 nitrogen and oxygen atoms in total. The van der Waals surface area contributed by atoms with Gasteiger partial charge in [-0.3, -0.25) is 0 Å². The van der Waals surface area contributed by atoms with E-state index in [1.165, 1.54) is 0 Å². The number of aliphatic hydroxyl groups is 8. The quantitative estimate of drug-likeness (QED) is 0.0957. The predicted octanol–water partition coefficient (Wildman–Crippen LogP) is 4.71. The summed E-state index contributed by atoms with van der Waals surface area (Å²) in [6.07, 6.45) is 18.2. The Kier molecular flexibility index (Phi) is 19.2.